The van der Waals surface area contributed by atoms with E-state index in [0.29, 0.717) is 12.0 Å². The molecule has 3 aromatic rings. The summed E-state index contributed by atoms with van der Waals surface area (Å²) in [6.45, 7) is 5.25. The minimum atomic E-state index is 0.0692. The van der Waals surface area contributed by atoms with E-state index in [9.17, 15) is 0 Å². The van der Waals surface area contributed by atoms with E-state index in [1.165, 1.54) is 18.4 Å². The average Bonchev–Trinajstić information content (AvgIpc) is 3.43. The topological polar surface area (TPSA) is 56.9 Å². The molecule has 2 fully saturated rings. The summed E-state index contributed by atoms with van der Waals surface area (Å²) in [5, 5.41) is 8.06. The number of nitrogens with one attached hydrogen (secondary N) is 1. The second-order valence-corrected chi connectivity index (χ2v) is 8.01. The summed E-state index contributed by atoms with van der Waals surface area (Å²) in [5.41, 5.74) is 4.28. The first-order chi connectivity index (χ1) is 13.3. The third-order valence-corrected chi connectivity index (χ3v) is 5.87. The molecule has 0 saturated carbocycles. The van der Waals surface area contributed by atoms with Crippen molar-refractivity contribution in [1.82, 2.24) is 24.6 Å². The summed E-state index contributed by atoms with van der Waals surface area (Å²) in [5.74, 6) is 0.698. The van der Waals surface area contributed by atoms with Crippen LogP contribution in [0, 0.1) is 5.92 Å². The minimum absolute atomic E-state index is 0.0692. The molecule has 6 heteroatoms. The smallest absolute Gasteiger partial charge is 0.150 e. The molecule has 0 aromatic carbocycles. The fourth-order valence-corrected chi connectivity index (χ4v) is 4.41. The van der Waals surface area contributed by atoms with Gasteiger partial charge in [0.05, 0.1) is 22.9 Å². The Hall–Kier alpha value is -2.18. The van der Waals surface area contributed by atoms with Gasteiger partial charge in [0, 0.05) is 37.2 Å². The van der Waals surface area contributed by atoms with Crippen LogP contribution < -0.4 is 5.32 Å². The summed E-state index contributed by atoms with van der Waals surface area (Å²) in [7, 11) is 0. The van der Waals surface area contributed by atoms with Crippen LogP contribution in [0.2, 0.25) is 0 Å². The van der Waals surface area contributed by atoms with Crippen LogP contribution in [0.15, 0.2) is 36.8 Å². The van der Waals surface area contributed by atoms with Gasteiger partial charge in [-0.1, -0.05) is 0 Å². The first-order valence-electron chi connectivity index (χ1n) is 10.1. The number of pyridine rings is 1. The van der Waals surface area contributed by atoms with Crippen molar-refractivity contribution >= 4 is 11.0 Å². The first-order valence-corrected chi connectivity index (χ1v) is 10.1. The van der Waals surface area contributed by atoms with Gasteiger partial charge in [-0.05, 0) is 63.3 Å². The van der Waals surface area contributed by atoms with Crippen LogP contribution >= 0.6 is 0 Å². The summed E-state index contributed by atoms with van der Waals surface area (Å²) >= 11 is 0. The Balaban J connectivity index is 1.36. The number of fused-ring (bicyclic) bond motifs is 1. The molecule has 0 spiro atoms. The quantitative estimate of drug-likeness (QED) is 0.768. The molecule has 2 aliphatic heterocycles. The Morgan fingerprint density at radius 1 is 1.26 bits per heavy atom. The highest BCUT2D eigenvalue weighted by molar-refractivity contribution is 5.79. The number of ether oxygens (including phenoxy) is 1. The Labute approximate surface area is 159 Å². The standard InChI is InChI=1S/C21H27N5O/c1-15-10-16(11-22-15)13-25-8-7-19-20(25)6-5-18(24-19)17-12-23-26(14-17)21-4-2-3-9-27-21/h5-8,12,14-16,21-22H,2-4,9-11,13H2,1H3/t15-,16?,21?/m0/s1. The van der Waals surface area contributed by atoms with Crippen molar-refractivity contribution in [2.75, 3.05) is 13.2 Å². The molecule has 0 bridgehead atoms. The molecule has 0 radical (unpaired) electrons. The summed E-state index contributed by atoms with van der Waals surface area (Å²) in [6.07, 6.45) is 10.8. The molecule has 142 valence electrons. The lowest BCUT2D eigenvalue weighted by Crippen LogP contribution is -2.18. The average molecular weight is 365 g/mol. The van der Waals surface area contributed by atoms with Crippen LogP contribution in [0.25, 0.3) is 22.3 Å². The molecule has 2 aliphatic rings. The first kappa shape index (κ1) is 17.0. The van der Waals surface area contributed by atoms with Crippen LogP contribution in [-0.4, -0.2) is 38.5 Å². The van der Waals surface area contributed by atoms with Crippen molar-refractivity contribution in [3.05, 3.63) is 36.8 Å². The Bertz CT molecular complexity index is 924. The number of nitrogens with zero attached hydrogens (tertiary/aromatic N) is 4. The van der Waals surface area contributed by atoms with Crippen LogP contribution in [0.3, 0.4) is 0 Å². The van der Waals surface area contributed by atoms with E-state index in [4.69, 9.17) is 9.72 Å². The Morgan fingerprint density at radius 3 is 3.04 bits per heavy atom. The molecule has 2 unspecified atom stereocenters. The van der Waals surface area contributed by atoms with Crippen molar-refractivity contribution < 1.29 is 4.74 Å². The molecule has 3 atom stereocenters. The maximum atomic E-state index is 5.83. The van der Waals surface area contributed by atoms with Gasteiger partial charge in [-0.3, -0.25) is 0 Å². The normalized spacial score (nSPS) is 26.0. The highest BCUT2D eigenvalue weighted by Crippen LogP contribution is 2.26. The van der Waals surface area contributed by atoms with Crippen LogP contribution in [0.1, 0.15) is 38.8 Å². The molecular formula is C21H27N5O. The fraction of sp³-hybridized carbons (Fsp3) is 0.524. The molecule has 5 rings (SSSR count). The van der Waals surface area contributed by atoms with Gasteiger partial charge < -0.3 is 14.6 Å². The summed E-state index contributed by atoms with van der Waals surface area (Å²) in [6, 6.07) is 7.06. The van der Waals surface area contributed by atoms with E-state index in [2.05, 4.69) is 52.5 Å². The van der Waals surface area contributed by atoms with E-state index in [1.807, 2.05) is 10.9 Å². The zero-order valence-electron chi connectivity index (χ0n) is 15.8. The lowest BCUT2D eigenvalue weighted by molar-refractivity contribution is -0.0394. The minimum Gasteiger partial charge on any atom is -0.357 e. The van der Waals surface area contributed by atoms with Crippen molar-refractivity contribution in [3.8, 4) is 11.3 Å². The van der Waals surface area contributed by atoms with E-state index >= 15 is 0 Å². The van der Waals surface area contributed by atoms with Gasteiger partial charge in [0.25, 0.3) is 0 Å². The van der Waals surface area contributed by atoms with Gasteiger partial charge in [-0.15, -0.1) is 0 Å². The zero-order valence-corrected chi connectivity index (χ0v) is 15.8. The second kappa shape index (κ2) is 7.09. The molecule has 0 aliphatic carbocycles. The van der Waals surface area contributed by atoms with Gasteiger partial charge in [0.15, 0.2) is 0 Å². The van der Waals surface area contributed by atoms with Gasteiger partial charge in [0.1, 0.15) is 6.23 Å². The summed E-state index contributed by atoms with van der Waals surface area (Å²) < 4.78 is 10.1. The van der Waals surface area contributed by atoms with Gasteiger partial charge in [-0.2, -0.15) is 5.10 Å². The van der Waals surface area contributed by atoms with Gasteiger partial charge >= 0.3 is 0 Å². The van der Waals surface area contributed by atoms with Crippen molar-refractivity contribution in [2.45, 2.75) is 51.4 Å². The van der Waals surface area contributed by atoms with Crippen molar-refractivity contribution in [1.29, 1.82) is 0 Å². The van der Waals surface area contributed by atoms with E-state index in [1.54, 1.807) is 0 Å². The summed E-state index contributed by atoms with van der Waals surface area (Å²) in [4.78, 5) is 4.88. The molecule has 2 saturated heterocycles. The third-order valence-electron chi connectivity index (χ3n) is 5.87. The lowest BCUT2D eigenvalue weighted by atomic mass is 10.1. The third kappa shape index (κ3) is 3.39. The Morgan fingerprint density at radius 2 is 2.22 bits per heavy atom. The zero-order chi connectivity index (χ0) is 18.2. The number of hydrogen-bond donors (Lipinski definition) is 1. The fourth-order valence-electron chi connectivity index (χ4n) is 4.41. The molecule has 0 amide bonds. The van der Waals surface area contributed by atoms with E-state index < -0.39 is 0 Å². The van der Waals surface area contributed by atoms with Gasteiger partial charge in [0.2, 0.25) is 0 Å². The Kier molecular flexibility index (Phi) is 4.45. The van der Waals surface area contributed by atoms with Crippen molar-refractivity contribution in [3.63, 3.8) is 0 Å². The number of aromatic nitrogens is 4. The van der Waals surface area contributed by atoms with Crippen LogP contribution in [-0.2, 0) is 11.3 Å². The second-order valence-electron chi connectivity index (χ2n) is 8.01. The molecule has 5 heterocycles. The maximum Gasteiger partial charge on any atom is 0.150 e. The largest absolute Gasteiger partial charge is 0.357 e. The molecule has 1 N–H and O–H groups in total. The molecule has 3 aromatic heterocycles. The number of rotatable bonds is 4. The lowest BCUT2D eigenvalue weighted by Gasteiger charge is -2.22. The number of hydrogen-bond acceptors (Lipinski definition) is 4. The van der Waals surface area contributed by atoms with E-state index in [0.717, 1.165) is 49.3 Å². The monoisotopic (exact) mass is 365 g/mol. The predicted molar refractivity (Wildman–Crippen MR) is 105 cm³/mol. The van der Waals surface area contributed by atoms with Crippen LogP contribution in [0.5, 0.6) is 0 Å². The SMILES string of the molecule is C[C@H]1CC(Cn2ccc3nc(-c4cnn(C5CCCCO5)c4)ccc32)CN1. The molecular weight excluding hydrogens is 338 g/mol. The highest BCUT2D eigenvalue weighted by atomic mass is 16.5. The van der Waals surface area contributed by atoms with Crippen molar-refractivity contribution in [2.24, 2.45) is 5.92 Å². The van der Waals surface area contributed by atoms with Gasteiger partial charge in [-0.25, -0.2) is 9.67 Å². The highest BCUT2D eigenvalue weighted by Gasteiger charge is 2.21. The van der Waals surface area contributed by atoms with E-state index in [-0.39, 0.29) is 6.23 Å². The van der Waals surface area contributed by atoms with Crippen LogP contribution in [0.4, 0.5) is 0 Å². The predicted octanol–water partition coefficient (Wildman–Crippen LogP) is 3.60. The maximum absolute atomic E-state index is 5.83. The molecule has 27 heavy (non-hydrogen) atoms. The molecule has 6 nitrogen and oxygen atoms in total.